The molecule has 1 heterocycles. The van der Waals surface area contributed by atoms with E-state index < -0.39 is 11.4 Å². The Kier molecular flexibility index (Phi) is 4.70. The van der Waals surface area contributed by atoms with Gasteiger partial charge < -0.3 is 19.5 Å². The molecule has 1 aromatic carbocycles. The van der Waals surface area contributed by atoms with Gasteiger partial charge in [-0.1, -0.05) is 13.8 Å². The zero-order valence-corrected chi connectivity index (χ0v) is 13.4. The summed E-state index contributed by atoms with van der Waals surface area (Å²) in [5.74, 6) is -0.711. The summed E-state index contributed by atoms with van der Waals surface area (Å²) in [6, 6.07) is 5.03. The molecule has 0 unspecified atom stereocenters. The number of carboxylic acid groups (broad SMARTS) is 1. The fourth-order valence-electron chi connectivity index (χ4n) is 2.40. The largest absolute Gasteiger partial charge is 0.497 e. The van der Waals surface area contributed by atoms with Crippen molar-refractivity contribution >= 4 is 22.8 Å². The van der Waals surface area contributed by atoms with Gasteiger partial charge in [0.25, 0.3) is 0 Å². The first-order valence-corrected chi connectivity index (χ1v) is 7.22. The number of benzene rings is 1. The van der Waals surface area contributed by atoms with E-state index in [9.17, 15) is 9.59 Å². The lowest BCUT2D eigenvalue weighted by Gasteiger charge is -2.21. The lowest BCUT2D eigenvalue weighted by molar-refractivity contribution is -0.137. The average Bonchev–Trinajstić information content (AvgIpc) is 2.83. The van der Waals surface area contributed by atoms with Crippen molar-refractivity contribution in [2.24, 2.45) is 5.41 Å². The number of nitrogens with zero attached hydrogens (tertiary/aromatic N) is 2. The van der Waals surface area contributed by atoms with Gasteiger partial charge in [0, 0.05) is 18.1 Å². The number of Topliss-reactive ketones (excluding diaryl/α,β-unsaturated/α-hetero) is 1. The van der Waals surface area contributed by atoms with Gasteiger partial charge in [-0.15, -0.1) is 0 Å². The summed E-state index contributed by atoms with van der Waals surface area (Å²) in [4.78, 5) is 28.2. The van der Waals surface area contributed by atoms with Crippen LogP contribution in [0.4, 0.5) is 0 Å². The van der Waals surface area contributed by atoms with Crippen molar-refractivity contribution in [3.8, 4) is 5.75 Å². The topological polar surface area (TPSA) is 102 Å². The third-order valence-electron chi connectivity index (χ3n) is 3.80. The van der Waals surface area contributed by atoms with Gasteiger partial charge in [0.1, 0.15) is 12.3 Å². The number of carboxylic acids is 1. The van der Waals surface area contributed by atoms with Crippen molar-refractivity contribution in [3.63, 3.8) is 0 Å². The molecular weight excluding hydrogens is 300 g/mol. The fourth-order valence-corrected chi connectivity index (χ4v) is 2.40. The van der Waals surface area contributed by atoms with Gasteiger partial charge in [0.05, 0.1) is 18.1 Å². The molecule has 0 saturated carbocycles. The van der Waals surface area contributed by atoms with Crippen molar-refractivity contribution < 1.29 is 24.5 Å². The molecule has 7 heteroatoms. The minimum Gasteiger partial charge on any atom is -0.497 e. The maximum atomic E-state index is 12.8. The number of aliphatic hydroxyl groups is 1. The van der Waals surface area contributed by atoms with Crippen LogP contribution in [0.2, 0.25) is 0 Å². The zero-order valence-electron chi connectivity index (χ0n) is 13.4. The first kappa shape index (κ1) is 17.0. The molecule has 2 aromatic rings. The van der Waals surface area contributed by atoms with Crippen molar-refractivity contribution in [1.82, 2.24) is 9.55 Å². The number of fused-ring (bicyclic) bond motifs is 1. The number of aliphatic carboxylic acids is 1. The average molecular weight is 320 g/mol. The second-order valence-electron chi connectivity index (χ2n) is 5.96. The second-order valence-corrected chi connectivity index (χ2v) is 5.96. The summed E-state index contributed by atoms with van der Waals surface area (Å²) < 4.78 is 6.52. The number of rotatable bonds is 7. The summed E-state index contributed by atoms with van der Waals surface area (Å²) in [5.41, 5.74) is 0.210. The molecule has 0 spiro atoms. The second kappa shape index (κ2) is 6.37. The van der Waals surface area contributed by atoms with Crippen molar-refractivity contribution in [1.29, 1.82) is 0 Å². The highest BCUT2D eigenvalue weighted by Gasteiger charge is 2.32. The van der Waals surface area contributed by atoms with E-state index >= 15 is 0 Å². The number of aliphatic hydroxyl groups excluding tert-OH is 1. The van der Waals surface area contributed by atoms with Crippen molar-refractivity contribution in [2.45, 2.75) is 26.8 Å². The summed E-state index contributed by atoms with van der Waals surface area (Å²) in [6.07, 6.45) is 0.269. The lowest BCUT2D eigenvalue weighted by atomic mass is 9.84. The van der Waals surface area contributed by atoms with E-state index in [1.807, 2.05) is 0 Å². The molecule has 0 atom stereocenters. The third-order valence-corrected chi connectivity index (χ3v) is 3.80. The number of hydrogen-bond acceptors (Lipinski definition) is 5. The molecular formula is C16H20N2O5. The van der Waals surface area contributed by atoms with E-state index in [0.29, 0.717) is 16.8 Å². The Labute approximate surface area is 133 Å². The Bertz CT molecular complexity index is 748. The minimum atomic E-state index is -1.06. The van der Waals surface area contributed by atoms with Crippen LogP contribution in [0.15, 0.2) is 18.2 Å². The lowest BCUT2D eigenvalue weighted by Crippen LogP contribution is -2.29. The van der Waals surface area contributed by atoms with Crippen molar-refractivity contribution in [3.05, 3.63) is 24.0 Å². The van der Waals surface area contributed by atoms with Gasteiger partial charge in [-0.05, 0) is 18.6 Å². The molecule has 1 aromatic heterocycles. The normalized spacial score (nSPS) is 11.7. The molecule has 0 amide bonds. The van der Waals surface area contributed by atoms with Crippen LogP contribution < -0.4 is 4.74 Å². The fraction of sp³-hybridized carbons (Fsp3) is 0.438. The van der Waals surface area contributed by atoms with Crippen LogP contribution >= 0.6 is 0 Å². The van der Waals surface area contributed by atoms with E-state index in [-0.39, 0.29) is 31.2 Å². The number of ether oxygens (including phenoxy) is 1. The molecule has 0 aliphatic heterocycles. The number of hydrogen-bond donors (Lipinski definition) is 2. The SMILES string of the molecule is COc1ccc2c(c1)nc(C(=O)C(C)(C)CCO)n2CC(=O)O. The predicted octanol–water partition coefficient (Wildman–Crippen LogP) is 1.72. The Hall–Kier alpha value is -2.41. The molecule has 2 rings (SSSR count). The Morgan fingerprint density at radius 1 is 1.35 bits per heavy atom. The van der Waals surface area contributed by atoms with Gasteiger partial charge in [0.15, 0.2) is 5.82 Å². The highest BCUT2D eigenvalue weighted by molar-refractivity contribution is 6.00. The van der Waals surface area contributed by atoms with E-state index in [0.717, 1.165) is 0 Å². The summed E-state index contributed by atoms with van der Waals surface area (Å²) in [5, 5.41) is 18.3. The van der Waals surface area contributed by atoms with E-state index in [1.54, 1.807) is 32.0 Å². The van der Waals surface area contributed by atoms with Gasteiger partial charge in [-0.3, -0.25) is 9.59 Å². The zero-order chi connectivity index (χ0) is 17.2. The van der Waals surface area contributed by atoms with E-state index in [1.165, 1.54) is 11.7 Å². The highest BCUT2D eigenvalue weighted by Crippen LogP contribution is 2.28. The molecule has 7 nitrogen and oxygen atoms in total. The van der Waals surface area contributed by atoms with Crippen LogP contribution in [0, 0.1) is 5.41 Å². The van der Waals surface area contributed by atoms with Crippen LogP contribution in [0.3, 0.4) is 0 Å². The number of imidazole rings is 1. The van der Waals surface area contributed by atoms with E-state index in [2.05, 4.69) is 4.98 Å². The quantitative estimate of drug-likeness (QED) is 0.753. The van der Waals surface area contributed by atoms with Crippen LogP contribution in [-0.2, 0) is 11.3 Å². The summed E-state index contributed by atoms with van der Waals surface area (Å²) in [6.45, 7) is 2.91. The van der Waals surface area contributed by atoms with Gasteiger partial charge in [0.2, 0.25) is 5.78 Å². The van der Waals surface area contributed by atoms with Crippen molar-refractivity contribution in [2.75, 3.05) is 13.7 Å². The van der Waals surface area contributed by atoms with E-state index in [4.69, 9.17) is 14.9 Å². The maximum Gasteiger partial charge on any atom is 0.323 e. The van der Waals surface area contributed by atoms with Gasteiger partial charge in [-0.25, -0.2) is 4.98 Å². The van der Waals surface area contributed by atoms with Gasteiger partial charge in [-0.2, -0.15) is 0 Å². The first-order valence-electron chi connectivity index (χ1n) is 7.22. The molecule has 0 saturated heterocycles. The molecule has 0 aliphatic carbocycles. The molecule has 2 N–H and O–H groups in total. The highest BCUT2D eigenvalue weighted by atomic mass is 16.5. The Morgan fingerprint density at radius 3 is 2.61 bits per heavy atom. The molecule has 0 aliphatic rings. The molecule has 0 radical (unpaired) electrons. The van der Waals surface area contributed by atoms with Crippen LogP contribution in [0.25, 0.3) is 11.0 Å². The summed E-state index contributed by atoms with van der Waals surface area (Å²) in [7, 11) is 1.52. The monoisotopic (exact) mass is 320 g/mol. The first-order chi connectivity index (χ1) is 10.8. The Balaban J connectivity index is 2.61. The number of carbonyl (C=O) groups is 2. The molecule has 23 heavy (non-hydrogen) atoms. The predicted molar refractivity (Wildman–Crippen MR) is 83.7 cm³/mol. The van der Waals surface area contributed by atoms with Crippen LogP contribution in [0.5, 0.6) is 5.75 Å². The minimum absolute atomic E-state index is 0.0779. The number of ketones is 1. The number of aromatic nitrogens is 2. The number of carbonyl (C=O) groups excluding carboxylic acids is 1. The van der Waals surface area contributed by atoms with Crippen LogP contribution in [-0.4, -0.2) is 45.2 Å². The van der Waals surface area contributed by atoms with Gasteiger partial charge >= 0.3 is 5.97 Å². The molecule has 0 bridgehead atoms. The number of methoxy groups -OCH3 is 1. The molecule has 124 valence electrons. The summed E-state index contributed by atoms with van der Waals surface area (Å²) >= 11 is 0. The Morgan fingerprint density at radius 2 is 2.04 bits per heavy atom. The smallest absolute Gasteiger partial charge is 0.323 e. The standard InChI is InChI=1S/C16H20N2O5/c1-16(2,6-7-19)14(22)15-17-11-8-10(23-3)4-5-12(11)18(15)9-13(20)21/h4-5,8,19H,6-7,9H2,1-3H3,(H,20,21). The molecule has 0 fully saturated rings. The third kappa shape index (κ3) is 3.34. The van der Waals surface area contributed by atoms with Crippen LogP contribution in [0.1, 0.15) is 30.9 Å². The maximum absolute atomic E-state index is 12.8.